The molecule has 2 aromatic carbocycles. The number of halogens is 1. The summed E-state index contributed by atoms with van der Waals surface area (Å²) in [6.07, 6.45) is 1.61. The SMILES string of the molecule is CCOC(=O)COc1cc(C)c2c(c1)O/C(=C\c1cc(Cl)cc3c1OCOC3)C2=O. The van der Waals surface area contributed by atoms with Crippen LogP contribution in [-0.2, 0) is 20.9 Å². The Morgan fingerprint density at radius 1 is 1.27 bits per heavy atom. The highest BCUT2D eigenvalue weighted by Crippen LogP contribution is 2.39. The van der Waals surface area contributed by atoms with Crippen LogP contribution < -0.4 is 14.2 Å². The maximum Gasteiger partial charge on any atom is 0.344 e. The van der Waals surface area contributed by atoms with Crippen molar-refractivity contribution in [1.82, 2.24) is 0 Å². The average Bonchev–Trinajstić information content (AvgIpc) is 3.02. The number of carbonyl (C=O) groups excluding carboxylic acids is 2. The fourth-order valence-electron chi connectivity index (χ4n) is 3.36. The molecule has 2 heterocycles. The number of allylic oxidation sites excluding steroid dienone is 1. The van der Waals surface area contributed by atoms with Gasteiger partial charge in [0.15, 0.2) is 19.2 Å². The minimum Gasteiger partial charge on any atom is -0.482 e. The number of carbonyl (C=O) groups is 2. The zero-order valence-corrected chi connectivity index (χ0v) is 17.2. The first-order chi connectivity index (χ1) is 14.5. The Kier molecular flexibility index (Phi) is 5.65. The molecule has 0 saturated heterocycles. The minimum absolute atomic E-state index is 0.125. The zero-order chi connectivity index (χ0) is 21.3. The van der Waals surface area contributed by atoms with Gasteiger partial charge in [0.25, 0.3) is 0 Å². The number of rotatable bonds is 5. The van der Waals surface area contributed by atoms with E-state index in [1.165, 1.54) is 0 Å². The van der Waals surface area contributed by atoms with E-state index in [1.807, 2.05) is 0 Å². The predicted octanol–water partition coefficient (Wildman–Crippen LogP) is 4.07. The van der Waals surface area contributed by atoms with Crippen molar-refractivity contribution in [2.24, 2.45) is 0 Å². The molecule has 2 aliphatic rings. The molecule has 0 N–H and O–H groups in total. The number of ether oxygens (including phenoxy) is 5. The van der Waals surface area contributed by atoms with E-state index in [9.17, 15) is 9.59 Å². The van der Waals surface area contributed by atoms with Crippen LogP contribution in [0.4, 0.5) is 0 Å². The van der Waals surface area contributed by atoms with Crippen molar-refractivity contribution in [1.29, 1.82) is 0 Å². The maximum absolute atomic E-state index is 12.9. The molecule has 8 heteroatoms. The Hall–Kier alpha value is -3.03. The van der Waals surface area contributed by atoms with Crippen molar-refractivity contribution in [3.05, 3.63) is 57.3 Å². The van der Waals surface area contributed by atoms with Gasteiger partial charge in [-0.2, -0.15) is 0 Å². The van der Waals surface area contributed by atoms with Gasteiger partial charge in [-0.25, -0.2) is 4.79 Å². The van der Waals surface area contributed by atoms with E-state index in [1.54, 1.807) is 44.2 Å². The highest BCUT2D eigenvalue weighted by molar-refractivity contribution is 6.31. The summed E-state index contributed by atoms with van der Waals surface area (Å²) >= 11 is 6.20. The van der Waals surface area contributed by atoms with E-state index in [-0.39, 0.29) is 31.5 Å². The molecule has 2 aromatic rings. The highest BCUT2D eigenvalue weighted by atomic mass is 35.5. The molecule has 4 rings (SSSR count). The summed E-state index contributed by atoms with van der Waals surface area (Å²) in [6.45, 7) is 4.06. The van der Waals surface area contributed by atoms with Gasteiger partial charge in [0.1, 0.15) is 17.2 Å². The Labute approximate surface area is 178 Å². The molecular formula is C22H19ClO7. The monoisotopic (exact) mass is 430 g/mol. The van der Waals surface area contributed by atoms with Crippen LogP contribution in [0.2, 0.25) is 5.02 Å². The number of hydrogen-bond donors (Lipinski definition) is 0. The highest BCUT2D eigenvalue weighted by Gasteiger charge is 2.31. The zero-order valence-electron chi connectivity index (χ0n) is 16.5. The third-order valence-electron chi connectivity index (χ3n) is 4.60. The number of ketones is 1. The molecular weight excluding hydrogens is 412 g/mol. The fraction of sp³-hybridized carbons (Fsp3) is 0.273. The summed E-state index contributed by atoms with van der Waals surface area (Å²) in [5.41, 5.74) is 2.56. The second-order valence-electron chi connectivity index (χ2n) is 6.74. The van der Waals surface area contributed by atoms with E-state index < -0.39 is 5.97 Å². The van der Waals surface area contributed by atoms with Crippen LogP contribution in [0, 0.1) is 6.92 Å². The number of hydrogen-bond acceptors (Lipinski definition) is 7. The lowest BCUT2D eigenvalue weighted by atomic mass is 10.0. The van der Waals surface area contributed by atoms with Gasteiger partial charge in [0.05, 0.1) is 18.8 Å². The summed E-state index contributed by atoms with van der Waals surface area (Å²) in [4.78, 5) is 24.4. The molecule has 0 aromatic heterocycles. The third kappa shape index (κ3) is 3.99. The first-order valence-electron chi connectivity index (χ1n) is 9.36. The van der Waals surface area contributed by atoms with E-state index in [4.69, 9.17) is 35.3 Å². The molecule has 0 bridgehead atoms. The summed E-state index contributed by atoms with van der Waals surface area (Å²) in [6, 6.07) is 6.74. The molecule has 0 aliphatic carbocycles. The predicted molar refractivity (Wildman–Crippen MR) is 108 cm³/mol. The average molecular weight is 431 g/mol. The quantitative estimate of drug-likeness (QED) is 0.522. The Morgan fingerprint density at radius 2 is 2.10 bits per heavy atom. The van der Waals surface area contributed by atoms with Gasteiger partial charge in [-0.3, -0.25) is 4.79 Å². The topological polar surface area (TPSA) is 80.3 Å². The largest absolute Gasteiger partial charge is 0.482 e. The molecule has 2 aliphatic heterocycles. The summed E-state index contributed by atoms with van der Waals surface area (Å²) in [5.74, 6) is 0.818. The number of Topliss-reactive ketones (excluding diaryl/α,β-unsaturated/α-hetero) is 1. The van der Waals surface area contributed by atoms with Gasteiger partial charge >= 0.3 is 5.97 Å². The number of esters is 1. The van der Waals surface area contributed by atoms with Crippen LogP contribution in [0.15, 0.2) is 30.0 Å². The van der Waals surface area contributed by atoms with Crippen LogP contribution in [0.3, 0.4) is 0 Å². The maximum atomic E-state index is 12.9. The van der Waals surface area contributed by atoms with Crippen LogP contribution in [-0.4, -0.2) is 31.8 Å². The van der Waals surface area contributed by atoms with Crippen molar-refractivity contribution in [2.45, 2.75) is 20.5 Å². The van der Waals surface area contributed by atoms with Crippen molar-refractivity contribution in [3.63, 3.8) is 0 Å². The smallest absolute Gasteiger partial charge is 0.344 e. The molecule has 0 saturated carbocycles. The summed E-state index contributed by atoms with van der Waals surface area (Å²) in [7, 11) is 0. The second-order valence-corrected chi connectivity index (χ2v) is 7.18. The molecule has 0 radical (unpaired) electrons. The number of aryl methyl sites for hydroxylation is 1. The molecule has 0 atom stereocenters. The van der Waals surface area contributed by atoms with Crippen LogP contribution in [0.25, 0.3) is 6.08 Å². The van der Waals surface area contributed by atoms with Crippen molar-refractivity contribution < 1.29 is 33.3 Å². The van der Waals surface area contributed by atoms with Crippen LogP contribution >= 0.6 is 11.6 Å². The molecule has 30 heavy (non-hydrogen) atoms. The van der Waals surface area contributed by atoms with E-state index in [0.717, 1.165) is 5.56 Å². The second kappa shape index (κ2) is 8.38. The first kappa shape index (κ1) is 20.3. The van der Waals surface area contributed by atoms with Gasteiger partial charge in [0.2, 0.25) is 5.78 Å². The first-order valence-corrected chi connectivity index (χ1v) is 9.74. The van der Waals surface area contributed by atoms with E-state index in [0.29, 0.717) is 45.6 Å². The Bertz CT molecular complexity index is 1060. The third-order valence-corrected chi connectivity index (χ3v) is 4.81. The number of benzene rings is 2. The molecule has 7 nitrogen and oxygen atoms in total. The fourth-order valence-corrected chi connectivity index (χ4v) is 3.61. The lowest BCUT2D eigenvalue weighted by molar-refractivity contribution is -0.145. The number of fused-ring (bicyclic) bond motifs is 2. The lowest BCUT2D eigenvalue weighted by Gasteiger charge is -2.20. The summed E-state index contributed by atoms with van der Waals surface area (Å²) < 4.78 is 27.0. The van der Waals surface area contributed by atoms with Crippen LogP contribution in [0.5, 0.6) is 17.2 Å². The van der Waals surface area contributed by atoms with Crippen molar-refractivity contribution in [3.8, 4) is 17.2 Å². The lowest BCUT2D eigenvalue weighted by Crippen LogP contribution is -2.14. The molecule has 156 valence electrons. The standard InChI is InChI=1S/C22H19ClO7/c1-3-27-19(24)10-28-16-4-12(2)20-17(8-16)30-18(21(20)25)7-13-5-15(23)6-14-9-26-11-29-22(13)14/h4-8H,3,9-11H2,1-2H3/b18-7-. The van der Waals surface area contributed by atoms with Gasteiger partial charge in [-0.1, -0.05) is 11.6 Å². The molecule has 0 unspecified atom stereocenters. The Morgan fingerprint density at radius 3 is 2.90 bits per heavy atom. The molecule has 0 fully saturated rings. The normalized spacial score (nSPS) is 15.8. The van der Waals surface area contributed by atoms with Crippen molar-refractivity contribution >= 4 is 29.4 Å². The van der Waals surface area contributed by atoms with Gasteiger partial charge < -0.3 is 23.7 Å². The van der Waals surface area contributed by atoms with Gasteiger partial charge in [-0.15, -0.1) is 0 Å². The minimum atomic E-state index is -0.469. The van der Waals surface area contributed by atoms with Gasteiger partial charge in [-0.05, 0) is 43.7 Å². The summed E-state index contributed by atoms with van der Waals surface area (Å²) in [5, 5.41) is 0.503. The van der Waals surface area contributed by atoms with E-state index in [2.05, 4.69) is 0 Å². The van der Waals surface area contributed by atoms with E-state index >= 15 is 0 Å². The Balaban J connectivity index is 1.62. The van der Waals surface area contributed by atoms with Gasteiger partial charge in [0, 0.05) is 22.2 Å². The molecule has 0 spiro atoms. The van der Waals surface area contributed by atoms with Crippen molar-refractivity contribution in [2.75, 3.05) is 20.0 Å². The molecule has 0 amide bonds. The van der Waals surface area contributed by atoms with Crippen LogP contribution in [0.1, 0.15) is 34.0 Å².